The molecule has 1 aliphatic rings. The Bertz CT molecular complexity index is 317. The van der Waals surface area contributed by atoms with Crippen molar-refractivity contribution < 1.29 is 17.2 Å². The topological polar surface area (TPSA) is 37.4 Å². The van der Waals surface area contributed by atoms with Crippen LogP contribution in [-0.2, 0) is 10.0 Å². The van der Waals surface area contributed by atoms with E-state index in [0.29, 0.717) is 12.3 Å². The van der Waals surface area contributed by atoms with E-state index in [0.717, 1.165) is 17.1 Å². The van der Waals surface area contributed by atoms with Gasteiger partial charge in [-0.1, -0.05) is 13.8 Å². The summed E-state index contributed by atoms with van der Waals surface area (Å²) in [6.45, 7) is 4.60. The van der Waals surface area contributed by atoms with E-state index in [-0.39, 0.29) is 19.0 Å². The van der Waals surface area contributed by atoms with Crippen LogP contribution in [0.3, 0.4) is 0 Å². The van der Waals surface area contributed by atoms with Crippen LogP contribution in [0.4, 0.5) is 8.78 Å². The number of piperidine rings is 1. The average Bonchev–Trinajstić information content (AvgIpc) is 2.16. The van der Waals surface area contributed by atoms with Gasteiger partial charge >= 0.3 is 5.76 Å². The van der Waals surface area contributed by atoms with Gasteiger partial charge in [-0.2, -0.15) is 13.1 Å². The Morgan fingerprint density at radius 2 is 2.00 bits per heavy atom. The van der Waals surface area contributed by atoms with Gasteiger partial charge in [0.15, 0.2) is 0 Å². The molecule has 1 unspecified atom stereocenters. The molecule has 1 heterocycles. The third-order valence-electron chi connectivity index (χ3n) is 2.87. The van der Waals surface area contributed by atoms with Crippen molar-refractivity contribution in [3.8, 4) is 0 Å². The highest BCUT2D eigenvalue weighted by Gasteiger charge is 2.35. The van der Waals surface area contributed by atoms with Crippen molar-refractivity contribution in [2.24, 2.45) is 11.8 Å². The van der Waals surface area contributed by atoms with Crippen molar-refractivity contribution in [2.75, 3.05) is 13.1 Å². The van der Waals surface area contributed by atoms with E-state index in [1.165, 1.54) is 0 Å². The summed E-state index contributed by atoms with van der Waals surface area (Å²) in [5.74, 6) is -2.59. The predicted molar refractivity (Wildman–Crippen MR) is 58.7 cm³/mol. The zero-order chi connectivity index (χ0) is 12.3. The molecule has 0 N–H and O–H groups in total. The molecule has 16 heavy (non-hydrogen) atoms. The minimum absolute atomic E-state index is 0.224. The number of halogens is 2. The van der Waals surface area contributed by atoms with Crippen LogP contribution in [0.5, 0.6) is 0 Å². The molecule has 1 rings (SSSR count). The highest BCUT2D eigenvalue weighted by Crippen LogP contribution is 2.26. The first-order chi connectivity index (χ1) is 7.34. The Labute approximate surface area is 95.9 Å². The Kier molecular flexibility index (Phi) is 4.67. The lowest BCUT2D eigenvalue weighted by molar-refractivity contribution is 0.193. The Balaban J connectivity index is 2.64. The van der Waals surface area contributed by atoms with E-state index in [1.54, 1.807) is 0 Å². The summed E-state index contributed by atoms with van der Waals surface area (Å²) in [6, 6.07) is 0. The number of rotatable bonds is 4. The molecule has 0 radical (unpaired) electrons. The van der Waals surface area contributed by atoms with Crippen LogP contribution in [0.1, 0.15) is 33.1 Å². The third kappa shape index (κ3) is 3.38. The van der Waals surface area contributed by atoms with Gasteiger partial charge in [0, 0.05) is 13.1 Å². The molecule has 1 fully saturated rings. The Morgan fingerprint density at radius 1 is 1.38 bits per heavy atom. The summed E-state index contributed by atoms with van der Waals surface area (Å²) in [7, 11) is -4.37. The van der Waals surface area contributed by atoms with Crippen molar-refractivity contribution >= 4 is 10.0 Å². The van der Waals surface area contributed by atoms with Crippen molar-refractivity contribution in [3.05, 3.63) is 0 Å². The van der Waals surface area contributed by atoms with Crippen molar-refractivity contribution in [1.29, 1.82) is 0 Å². The molecule has 96 valence electrons. The van der Waals surface area contributed by atoms with E-state index in [9.17, 15) is 17.2 Å². The van der Waals surface area contributed by atoms with E-state index >= 15 is 0 Å². The molecular formula is C10H19F2NO2S. The normalized spacial score (nSPS) is 24.2. The zero-order valence-corrected chi connectivity index (χ0v) is 10.5. The van der Waals surface area contributed by atoms with Crippen LogP contribution in [-0.4, -0.2) is 31.6 Å². The van der Waals surface area contributed by atoms with Gasteiger partial charge in [0.05, 0.1) is 0 Å². The van der Waals surface area contributed by atoms with E-state index in [1.807, 2.05) is 0 Å². The third-order valence-corrected chi connectivity index (χ3v) is 4.37. The summed E-state index contributed by atoms with van der Waals surface area (Å²) in [5.41, 5.74) is 0. The number of hydrogen-bond donors (Lipinski definition) is 0. The van der Waals surface area contributed by atoms with Crippen LogP contribution in [0.2, 0.25) is 0 Å². The molecule has 1 atom stereocenters. The predicted octanol–water partition coefficient (Wildman–Crippen LogP) is 2.30. The van der Waals surface area contributed by atoms with E-state index in [2.05, 4.69) is 13.8 Å². The lowest BCUT2D eigenvalue weighted by Gasteiger charge is -2.32. The van der Waals surface area contributed by atoms with Crippen molar-refractivity contribution in [1.82, 2.24) is 4.31 Å². The first-order valence-corrected chi connectivity index (χ1v) is 7.11. The fourth-order valence-corrected chi connectivity index (χ4v) is 3.26. The highest BCUT2D eigenvalue weighted by atomic mass is 32.2. The lowest BCUT2D eigenvalue weighted by Crippen LogP contribution is -2.42. The van der Waals surface area contributed by atoms with Gasteiger partial charge in [-0.3, -0.25) is 0 Å². The maximum absolute atomic E-state index is 12.4. The molecule has 0 spiro atoms. The van der Waals surface area contributed by atoms with Gasteiger partial charge in [0.25, 0.3) is 10.0 Å². The van der Waals surface area contributed by atoms with Gasteiger partial charge in [0.1, 0.15) is 0 Å². The largest absolute Gasteiger partial charge is 0.350 e. The SMILES string of the molecule is CC(C)CC1CCCN(S(=O)(=O)C(F)F)C1. The minimum atomic E-state index is -4.37. The molecule has 0 aromatic rings. The van der Waals surface area contributed by atoms with Gasteiger partial charge in [-0.05, 0) is 31.1 Å². The quantitative estimate of drug-likeness (QED) is 0.773. The van der Waals surface area contributed by atoms with Gasteiger partial charge in [0.2, 0.25) is 0 Å². The fourth-order valence-electron chi connectivity index (χ4n) is 2.23. The first-order valence-electron chi connectivity index (χ1n) is 5.61. The molecule has 0 aliphatic carbocycles. The Hall–Kier alpha value is -0.230. The molecule has 0 bridgehead atoms. The van der Waals surface area contributed by atoms with Crippen molar-refractivity contribution in [2.45, 2.75) is 38.9 Å². The second-order valence-corrected chi connectivity index (χ2v) is 6.70. The second-order valence-electron chi connectivity index (χ2n) is 4.80. The van der Waals surface area contributed by atoms with Gasteiger partial charge < -0.3 is 0 Å². The number of nitrogens with zero attached hydrogens (tertiary/aromatic N) is 1. The molecule has 0 saturated carbocycles. The van der Waals surface area contributed by atoms with Crippen molar-refractivity contribution in [3.63, 3.8) is 0 Å². The lowest BCUT2D eigenvalue weighted by atomic mass is 9.91. The molecule has 0 aromatic carbocycles. The van der Waals surface area contributed by atoms with Crippen LogP contribution in [0, 0.1) is 11.8 Å². The average molecular weight is 255 g/mol. The molecule has 6 heteroatoms. The smallest absolute Gasteiger partial charge is 0.206 e. The molecule has 1 aliphatic heterocycles. The van der Waals surface area contributed by atoms with Gasteiger partial charge in [-0.15, -0.1) is 0 Å². The summed E-state index contributed by atoms with van der Waals surface area (Å²) in [5, 5.41) is 0. The molecule has 3 nitrogen and oxygen atoms in total. The van der Waals surface area contributed by atoms with Crippen LogP contribution in [0.25, 0.3) is 0 Å². The second kappa shape index (κ2) is 5.40. The standard InChI is InChI=1S/C10H19F2NO2S/c1-8(2)6-9-4-3-5-13(7-9)16(14,15)10(11)12/h8-10H,3-7H2,1-2H3. The Morgan fingerprint density at radius 3 is 2.50 bits per heavy atom. The van der Waals surface area contributed by atoms with Crippen LogP contribution in [0.15, 0.2) is 0 Å². The molecule has 0 aromatic heterocycles. The van der Waals surface area contributed by atoms with E-state index in [4.69, 9.17) is 0 Å². The van der Waals surface area contributed by atoms with Crippen LogP contribution < -0.4 is 0 Å². The molecule has 0 amide bonds. The van der Waals surface area contributed by atoms with Crippen LogP contribution >= 0.6 is 0 Å². The summed E-state index contributed by atoms with van der Waals surface area (Å²) in [6.07, 6.45) is 2.52. The first kappa shape index (κ1) is 13.8. The number of hydrogen-bond acceptors (Lipinski definition) is 2. The maximum Gasteiger partial charge on any atom is 0.350 e. The zero-order valence-electron chi connectivity index (χ0n) is 9.70. The number of sulfonamides is 1. The summed E-state index contributed by atoms with van der Waals surface area (Å²) < 4.78 is 48.3. The molecular weight excluding hydrogens is 236 g/mol. The van der Waals surface area contributed by atoms with E-state index < -0.39 is 15.8 Å². The monoisotopic (exact) mass is 255 g/mol. The summed E-state index contributed by atoms with van der Waals surface area (Å²) in [4.78, 5) is 0. The fraction of sp³-hybridized carbons (Fsp3) is 1.00. The summed E-state index contributed by atoms with van der Waals surface area (Å²) >= 11 is 0. The molecule has 1 saturated heterocycles. The maximum atomic E-state index is 12.4. The number of alkyl halides is 2. The van der Waals surface area contributed by atoms with Gasteiger partial charge in [-0.25, -0.2) is 8.42 Å². The minimum Gasteiger partial charge on any atom is -0.206 e. The highest BCUT2D eigenvalue weighted by molar-refractivity contribution is 7.89.